The first-order chi connectivity index (χ1) is 12.0. The molecule has 4 nitrogen and oxygen atoms in total. The van der Waals surface area contributed by atoms with Crippen LogP contribution in [0, 0.1) is 13.8 Å². The molecular weight excluding hydrogens is 314 g/mol. The molecule has 0 spiro atoms. The number of ether oxygens (including phenoxy) is 1. The lowest BCUT2D eigenvalue weighted by atomic mass is 9.99. The average molecular weight is 331 g/mol. The Balaban J connectivity index is 1.75. The minimum Gasteiger partial charge on any atom is -0.478 e. The normalized spacial score (nSPS) is 11.8. The van der Waals surface area contributed by atoms with Gasteiger partial charge in [-0.05, 0) is 60.4 Å². The molecule has 0 aromatic heterocycles. The largest absolute Gasteiger partial charge is 0.478 e. The first kappa shape index (κ1) is 15.3. The molecule has 0 amide bonds. The van der Waals surface area contributed by atoms with E-state index in [0.717, 1.165) is 16.8 Å². The molecule has 0 aliphatic carbocycles. The number of aromatic carboxylic acids is 1. The molecule has 0 fully saturated rings. The first-order valence-corrected chi connectivity index (χ1v) is 8.06. The number of benzene rings is 3. The summed E-state index contributed by atoms with van der Waals surface area (Å²) in [6, 6.07) is 17.3. The number of carboxylic acids is 1. The summed E-state index contributed by atoms with van der Waals surface area (Å²) in [6.07, 6.45) is 0. The number of nitrogens with one attached hydrogen (secondary N) is 1. The highest BCUT2D eigenvalue weighted by atomic mass is 16.5. The second-order valence-electron chi connectivity index (χ2n) is 6.22. The highest BCUT2D eigenvalue weighted by Crippen LogP contribution is 2.45. The zero-order chi connectivity index (χ0) is 17.6. The van der Waals surface area contributed by atoms with Gasteiger partial charge >= 0.3 is 5.97 Å². The zero-order valence-corrected chi connectivity index (χ0v) is 14.0. The van der Waals surface area contributed by atoms with Gasteiger partial charge in [-0.3, -0.25) is 0 Å². The lowest BCUT2D eigenvalue weighted by Crippen LogP contribution is -2.08. The maximum Gasteiger partial charge on any atom is 0.337 e. The lowest BCUT2D eigenvalue weighted by Gasteiger charge is -2.23. The Labute approximate surface area is 145 Å². The van der Waals surface area contributed by atoms with Crippen molar-refractivity contribution in [1.29, 1.82) is 0 Å². The molecule has 4 heteroatoms. The van der Waals surface area contributed by atoms with Gasteiger partial charge in [0.25, 0.3) is 0 Å². The predicted molar refractivity (Wildman–Crippen MR) is 98.1 cm³/mol. The van der Waals surface area contributed by atoms with Gasteiger partial charge in [-0.2, -0.15) is 0 Å². The minimum absolute atomic E-state index is 0.196. The van der Waals surface area contributed by atoms with Crippen molar-refractivity contribution in [3.63, 3.8) is 0 Å². The van der Waals surface area contributed by atoms with Gasteiger partial charge < -0.3 is 15.2 Å². The Morgan fingerprint density at radius 1 is 0.920 bits per heavy atom. The van der Waals surface area contributed by atoms with Gasteiger partial charge in [-0.25, -0.2) is 4.79 Å². The molecule has 124 valence electrons. The molecule has 3 aromatic carbocycles. The SMILES string of the molecule is Cc1ccc(-c2ccc3c(c2)Oc2cccc(C(=O)O)c2N3)cc1C. The van der Waals surface area contributed by atoms with Gasteiger partial charge in [0.05, 0.1) is 16.9 Å². The maximum absolute atomic E-state index is 11.4. The van der Waals surface area contributed by atoms with Crippen LogP contribution in [0.15, 0.2) is 54.6 Å². The van der Waals surface area contributed by atoms with Crippen molar-refractivity contribution >= 4 is 17.3 Å². The van der Waals surface area contributed by atoms with Crippen molar-refractivity contribution in [2.24, 2.45) is 0 Å². The molecule has 1 aliphatic heterocycles. The van der Waals surface area contributed by atoms with Crippen molar-refractivity contribution in [2.45, 2.75) is 13.8 Å². The van der Waals surface area contributed by atoms with E-state index in [0.29, 0.717) is 17.2 Å². The van der Waals surface area contributed by atoms with Crippen LogP contribution in [-0.4, -0.2) is 11.1 Å². The van der Waals surface area contributed by atoms with Crippen molar-refractivity contribution in [3.05, 3.63) is 71.3 Å². The fraction of sp³-hybridized carbons (Fsp3) is 0.0952. The van der Waals surface area contributed by atoms with E-state index >= 15 is 0 Å². The van der Waals surface area contributed by atoms with E-state index in [9.17, 15) is 9.90 Å². The molecule has 25 heavy (non-hydrogen) atoms. The molecule has 0 saturated heterocycles. The Hall–Kier alpha value is -3.27. The number of anilines is 2. The summed E-state index contributed by atoms with van der Waals surface area (Å²) < 4.78 is 5.96. The summed E-state index contributed by atoms with van der Waals surface area (Å²) >= 11 is 0. The van der Waals surface area contributed by atoms with Crippen LogP contribution in [0.5, 0.6) is 11.5 Å². The summed E-state index contributed by atoms with van der Waals surface area (Å²) in [5.41, 5.74) is 6.12. The quantitative estimate of drug-likeness (QED) is 0.508. The fourth-order valence-electron chi connectivity index (χ4n) is 2.99. The Kier molecular flexibility index (Phi) is 3.46. The summed E-state index contributed by atoms with van der Waals surface area (Å²) in [5.74, 6) is 0.221. The van der Waals surface area contributed by atoms with Crippen LogP contribution < -0.4 is 10.1 Å². The first-order valence-electron chi connectivity index (χ1n) is 8.06. The molecular formula is C21H17NO3. The number of aryl methyl sites for hydroxylation is 2. The van der Waals surface area contributed by atoms with Gasteiger partial charge in [0.2, 0.25) is 0 Å². The van der Waals surface area contributed by atoms with Crippen molar-refractivity contribution in [1.82, 2.24) is 0 Å². The van der Waals surface area contributed by atoms with Crippen LogP contribution in [0.1, 0.15) is 21.5 Å². The van der Waals surface area contributed by atoms with Gasteiger partial charge in [0.1, 0.15) is 0 Å². The van der Waals surface area contributed by atoms with Crippen LogP contribution in [0.2, 0.25) is 0 Å². The highest BCUT2D eigenvalue weighted by Gasteiger charge is 2.22. The Bertz CT molecular complexity index is 1010. The van der Waals surface area contributed by atoms with Gasteiger partial charge in [0, 0.05) is 0 Å². The molecule has 1 aliphatic rings. The zero-order valence-electron chi connectivity index (χ0n) is 14.0. The third-order valence-electron chi connectivity index (χ3n) is 4.56. The molecule has 0 saturated carbocycles. The van der Waals surface area contributed by atoms with E-state index < -0.39 is 5.97 Å². The van der Waals surface area contributed by atoms with E-state index in [1.165, 1.54) is 11.1 Å². The molecule has 0 atom stereocenters. The standard InChI is InChI=1S/C21H17NO3/c1-12-6-7-14(10-13(12)2)15-8-9-17-19(11-15)25-18-5-3-4-16(21(23)24)20(18)22-17/h3-11,22H,1-2H3,(H,23,24). The van der Waals surface area contributed by atoms with Crippen LogP contribution in [0.3, 0.4) is 0 Å². The topological polar surface area (TPSA) is 58.6 Å². The fourth-order valence-corrected chi connectivity index (χ4v) is 2.99. The van der Waals surface area contributed by atoms with Crippen LogP contribution in [0.25, 0.3) is 11.1 Å². The van der Waals surface area contributed by atoms with E-state index in [1.54, 1.807) is 18.2 Å². The predicted octanol–water partition coefficient (Wildman–Crippen LogP) is 5.52. The summed E-state index contributed by atoms with van der Waals surface area (Å²) in [5, 5.41) is 12.5. The number of carbonyl (C=O) groups is 1. The van der Waals surface area contributed by atoms with Crippen molar-refractivity contribution in [2.75, 3.05) is 5.32 Å². The summed E-state index contributed by atoms with van der Waals surface area (Å²) in [7, 11) is 0. The van der Waals surface area contributed by atoms with Crippen LogP contribution in [-0.2, 0) is 0 Å². The average Bonchev–Trinajstić information content (AvgIpc) is 2.61. The van der Waals surface area contributed by atoms with E-state index in [1.807, 2.05) is 18.2 Å². The van der Waals surface area contributed by atoms with Crippen LogP contribution in [0.4, 0.5) is 11.4 Å². The molecule has 0 unspecified atom stereocenters. The smallest absolute Gasteiger partial charge is 0.337 e. The molecule has 1 heterocycles. The van der Waals surface area contributed by atoms with Crippen molar-refractivity contribution in [3.8, 4) is 22.6 Å². The number of para-hydroxylation sites is 1. The van der Waals surface area contributed by atoms with E-state index in [2.05, 4.69) is 37.4 Å². The second kappa shape index (κ2) is 5.67. The summed E-state index contributed by atoms with van der Waals surface area (Å²) in [6.45, 7) is 4.19. The second-order valence-corrected chi connectivity index (χ2v) is 6.22. The van der Waals surface area contributed by atoms with Gasteiger partial charge in [-0.1, -0.05) is 30.3 Å². The number of hydrogen-bond acceptors (Lipinski definition) is 3. The molecule has 3 aromatic rings. The molecule has 2 N–H and O–H groups in total. The minimum atomic E-state index is -0.983. The van der Waals surface area contributed by atoms with Gasteiger partial charge in [0.15, 0.2) is 11.5 Å². The molecule has 0 radical (unpaired) electrons. The molecule has 0 bridgehead atoms. The van der Waals surface area contributed by atoms with Gasteiger partial charge in [-0.15, -0.1) is 0 Å². The summed E-state index contributed by atoms with van der Waals surface area (Å²) in [4.78, 5) is 11.4. The number of fused-ring (bicyclic) bond motifs is 2. The highest BCUT2D eigenvalue weighted by molar-refractivity contribution is 5.98. The van der Waals surface area contributed by atoms with Crippen LogP contribution >= 0.6 is 0 Å². The maximum atomic E-state index is 11.4. The molecule has 4 rings (SSSR count). The number of carboxylic acid groups (broad SMARTS) is 1. The number of rotatable bonds is 2. The lowest BCUT2D eigenvalue weighted by molar-refractivity contribution is 0.0697. The Morgan fingerprint density at radius 2 is 1.68 bits per heavy atom. The number of hydrogen-bond donors (Lipinski definition) is 2. The third-order valence-corrected chi connectivity index (χ3v) is 4.56. The van der Waals surface area contributed by atoms with Crippen molar-refractivity contribution < 1.29 is 14.6 Å². The monoisotopic (exact) mass is 331 g/mol. The van der Waals surface area contributed by atoms with E-state index in [4.69, 9.17) is 4.74 Å². The Morgan fingerprint density at radius 3 is 2.44 bits per heavy atom. The van der Waals surface area contributed by atoms with E-state index in [-0.39, 0.29) is 5.56 Å². The third kappa shape index (κ3) is 2.62.